The summed E-state index contributed by atoms with van der Waals surface area (Å²) in [6.45, 7) is -2.15. The van der Waals surface area contributed by atoms with Crippen LogP contribution in [0.1, 0.15) is 108 Å². The fourth-order valence-electron chi connectivity index (χ4n) is 9.08. The van der Waals surface area contributed by atoms with Crippen LogP contribution in [-0.2, 0) is 57.4 Å². The second kappa shape index (κ2) is 36.9. The van der Waals surface area contributed by atoms with Crippen molar-refractivity contribution in [3.05, 3.63) is 29.8 Å². The first-order chi connectivity index (χ1) is 40.2. The average molecular weight is 1220 g/mol. The van der Waals surface area contributed by atoms with Gasteiger partial charge < -0.3 is 120 Å². The summed E-state index contributed by atoms with van der Waals surface area (Å²) in [6.07, 6.45) is -10.7. The minimum Gasteiger partial charge on any atom is -0.508 e. The number of carbonyl (C=O) groups excluding carboxylic acids is 9. The van der Waals surface area contributed by atoms with Crippen molar-refractivity contribution in [2.24, 2.45) is 17.2 Å². The second-order valence-corrected chi connectivity index (χ2v) is 21.0. The number of hydrogen-bond donors (Lipinski definition) is 21. The molecule has 1 aromatic carbocycles. The first kappa shape index (κ1) is 72.5. The van der Waals surface area contributed by atoms with Crippen LogP contribution in [0.15, 0.2) is 24.3 Å². The highest BCUT2D eigenvalue weighted by Crippen LogP contribution is 2.25. The van der Waals surface area contributed by atoms with E-state index in [1.807, 2.05) is 10.6 Å². The van der Waals surface area contributed by atoms with Crippen molar-refractivity contribution in [3.63, 3.8) is 0 Å². The van der Waals surface area contributed by atoms with Crippen molar-refractivity contribution in [3.8, 4) is 5.75 Å². The number of hydrogen-bond acceptors (Lipinski definition) is 23. The van der Waals surface area contributed by atoms with Crippen molar-refractivity contribution >= 4 is 59.1 Å². The number of nitrogens with two attached hydrogens (primary N) is 3. The van der Waals surface area contributed by atoms with Crippen molar-refractivity contribution in [2.75, 3.05) is 32.9 Å². The average Bonchev–Trinajstić information content (AvgIpc) is 3.58. The summed E-state index contributed by atoms with van der Waals surface area (Å²) < 4.78 is 11.5. The summed E-state index contributed by atoms with van der Waals surface area (Å²) >= 11 is 0. The van der Waals surface area contributed by atoms with E-state index in [-0.39, 0.29) is 17.7 Å². The van der Waals surface area contributed by atoms with Crippen LogP contribution >= 0.6 is 0 Å². The van der Waals surface area contributed by atoms with Crippen LogP contribution in [0.4, 0.5) is 0 Å². The van der Waals surface area contributed by atoms with Gasteiger partial charge in [0, 0.05) is 25.0 Å². The SMILES string of the molecule is CCCCCCCCCC(N)CC(O)CC(CC1CC(=O)N[C@@H](CO)C(=O)NC(C(O)c2ccc(O)cc2)C(=O)N[C@@H](CC(=O)O)C(=O)N[C@@H](CO)C(=O)NCC(=O)NCC[C@H](N)C(=O)NC(C(O)C(N)=O)C(=O)N1)O[C@@H]1OC[C@@H](O)[C@H](O)[C@H]1O. The Bertz CT molecular complexity index is 2360. The molecule has 2 saturated heterocycles. The summed E-state index contributed by atoms with van der Waals surface area (Å²) in [7, 11) is 0. The number of amides is 9. The molecule has 2 fully saturated rings. The number of carbonyl (C=O) groups is 10. The Hall–Kier alpha value is -6.76. The van der Waals surface area contributed by atoms with E-state index in [4.69, 9.17) is 26.7 Å². The quantitative estimate of drug-likeness (QED) is 0.0428. The zero-order valence-corrected chi connectivity index (χ0v) is 47.1. The largest absolute Gasteiger partial charge is 0.508 e. The number of benzene rings is 1. The Balaban J connectivity index is 2.14. The number of primary amides is 1. The highest BCUT2D eigenvalue weighted by atomic mass is 16.7. The van der Waals surface area contributed by atoms with Gasteiger partial charge in [-0.1, -0.05) is 64.0 Å². The van der Waals surface area contributed by atoms with E-state index in [1.54, 1.807) is 0 Å². The number of carboxylic acids is 1. The van der Waals surface area contributed by atoms with Crippen LogP contribution in [0.5, 0.6) is 5.75 Å². The van der Waals surface area contributed by atoms with Gasteiger partial charge in [-0.25, -0.2) is 0 Å². The number of nitrogens with one attached hydrogen (secondary N) is 8. The van der Waals surface area contributed by atoms with E-state index in [0.29, 0.717) is 6.42 Å². The smallest absolute Gasteiger partial charge is 0.305 e. The fraction of sp³-hybridized carbons (Fsp3) is 0.692. The molecular formula is C52H85N11O22. The van der Waals surface area contributed by atoms with Crippen LogP contribution < -0.4 is 59.7 Å². The van der Waals surface area contributed by atoms with Gasteiger partial charge in [0.05, 0.1) is 51.0 Å². The van der Waals surface area contributed by atoms with E-state index >= 15 is 0 Å². The number of aliphatic hydroxyl groups excluding tert-OH is 8. The summed E-state index contributed by atoms with van der Waals surface area (Å²) in [6, 6.07) is -10.2. The number of unbranched alkanes of at least 4 members (excludes halogenated alkanes) is 6. The first-order valence-electron chi connectivity index (χ1n) is 27.9. The Morgan fingerprint density at radius 2 is 1.29 bits per heavy atom. The van der Waals surface area contributed by atoms with Gasteiger partial charge in [-0.2, -0.15) is 0 Å². The third-order valence-corrected chi connectivity index (χ3v) is 13.9. The molecule has 2 aliphatic rings. The van der Waals surface area contributed by atoms with Crippen molar-refractivity contribution in [1.29, 1.82) is 0 Å². The minimum absolute atomic E-state index is 0.0344. The second-order valence-electron chi connectivity index (χ2n) is 21.0. The van der Waals surface area contributed by atoms with Gasteiger partial charge in [-0.3, -0.25) is 47.9 Å². The number of phenolic OH excluding ortho intramolecular Hbond substituents is 1. The van der Waals surface area contributed by atoms with E-state index in [9.17, 15) is 99.0 Å². The minimum atomic E-state index is -2.52. The maximum atomic E-state index is 14.3. The molecule has 24 N–H and O–H groups in total. The predicted octanol–water partition coefficient (Wildman–Crippen LogP) is -8.18. The highest BCUT2D eigenvalue weighted by molar-refractivity contribution is 5.98. The van der Waals surface area contributed by atoms with Crippen LogP contribution in [0.3, 0.4) is 0 Å². The molecule has 9 amide bonds. The lowest BCUT2D eigenvalue weighted by Gasteiger charge is -2.38. The van der Waals surface area contributed by atoms with Gasteiger partial charge in [0.15, 0.2) is 12.4 Å². The van der Waals surface area contributed by atoms with E-state index in [1.165, 1.54) is 0 Å². The standard InChI is InChI=1S/C52H85N11O22/c1-2-3-4-5-6-7-8-9-26(53)16-29(67)19-30(85-52-44(76)42(74)35(68)24-84-52)17-27-18-36(69)59-34(23-65)49(81)63-39(41(73)25-10-12-28(66)13-11-25)51(83)60-32(20-38(71)72)48(80)61-33(22-64)47(79)57-21-37(70)56-15-14-31(54)46(78)62-40(50(82)58-27)43(75)45(55)77/h10-13,26-27,29-35,39-44,52,64-68,73-76H,2-9,14-24,53-54H2,1H3,(H2,55,77)(H,56,70)(H,57,79)(H,58,82)(H,59,69)(H,60,83)(H,61,80)(H,62,78)(H,63,81)(H,71,72)/t26?,27?,29?,30?,31-,32-,33-,34-,35+,39?,40?,41?,42-,43?,44+,52-/m0/s1. The molecule has 8 unspecified atom stereocenters. The van der Waals surface area contributed by atoms with Crippen LogP contribution in [-0.4, -0.2) is 234 Å². The Morgan fingerprint density at radius 3 is 1.92 bits per heavy atom. The molecule has 0 aliphatic carbocycles. The van der Waals surface area contributed by atoms with Gasteiger partial charge in [-0.15, -0.1) is 0 Å². The molecule has 33 nitrogen and oxygen atoms in total. The maximum Gasteiger partial charge on any atom is 0.305 e. The summed E-state index contributed by atoms with van der Waals surface area (Å²) in [5.74, 6) is -14.0. The zero-order chi connectivity index (χ0) is 63.5. The van der Waals surface area contributed by atoms with Gasteiger partial charge in [0.25, 0.3) is 0 Å². The first-order valence-corrected chi connectivity index (χ1v) is 27.9. The van der Waals surface area contributed by atoms with Crippen molar-refractivity contribution < 1.29 is 108 Å². The van der Waals surface area contributed by atoms with Crippen LogP contribution in [0, 0.1) is 0 Å². The third kappa shape index (κ3) is 25.0. The van der Waals surface area contributed by atoms with Crippen molar-refractivity contribution in [1.82, 2.24) is 42.5 Å². The van der Waals surface area contributed by atoms with Gasteiger partial charge in [0.1, 0.15) is 60.4 Å². The van der Waals surface area contributed by atoms with Crippen molar-refractivity contribution in [2.45, 2.75) is 194 Å². The van der Waals surface area contributed by atoms with Gasteiger partial charge >= 0.3 is 5.97 Å². The molecular weight excluding hydrogens is 1130 g/mol. The molecule has 3 rings (SSSR count). The topological polar surface area (TPSA) is 566 Å². The lowest BCUT2D eigenvalue weighted by Crippen LogP contribution is -2.61. The normalized spacial score (nSPS) is 27.8. The Kier molecular flexibility index (Phi) is 31.5. The molecule has 2 aliphatic heterocycles. The number of carboxylic acid groups (broad SMARTS) is 1. The molecule has 0 saturated carbocycles. The molecule has 85 heavy (non-hydrogen) atoms. The molecule has 0 radical (unpaired) electrons. The molecule has 480 valence electrons. The molecule has 2 heterocycles. The van der Waals surface area contributed by atoms with E-state index in [0.717, 1.165) is 69.2 Å². The molecule has 0 aromatic heterocycles. The molecule has 16 atom stereocenters. The van der Waals surface area contributed by atoms with E-state index in [2.05, 4.69) is 38.8 Å². The summed E-state index contributed by atoms with van der Waals surface area (Å²) in [5, 5.41) is 123. The summed E-state index contributed by atoms with van der Waals surface area (Å²) in [4.78, 5) is 134. The molecule has 1 aromatic rings. The number of aromatic hydroxyl groups is 1. The lowest BCUT2D eigenvalue weighted by atomic mass is 9.95. The molecule has 33 heteroatoms. The van der Waals surface area contributed by atoms with Gasteiger partial charge in [-0.05, 0) is 49.8 Å². The molecule has 0 spiro atoms. The zero-order valence-electron chi connectivity index (χ0n) is 47.1. The number of aliphatic hydroxyl groups is 8. The number of phenols is 1. The van der Waals surface area contributed by atoms with Gasteiger partial charge in [0.2, 0.25) is 53.2 Å². The number of rotatable bonds is 24. The monoisotopic (exact) mass is 1220 g/mol. The number of ether oxygens (including phenoxy) is 2. The lowest BCUT2D eigenvalue weighted by molar-refractivity contribution is -0.285. The maximum absolute atomic E-state index is 14.3. The summed E-state index contributed by atoms with van der Waals surface area (Å²) in [5.41, 5.74) is 17.6. The van der Waals surface area contributed by atoms with E-state index < -0.39 is 222 Å². The fourth-order valence-corrected chi connectivity index (χ4v) is 9.08. The van der Waals surface area contributed by atoms with Crippen LogP contribution in [0.25, 0.3) is 0 Å². The predicted molar refractivity (Wildman–Crippen MR) is 293 cm³/mol. The molecule has 0 bridgehead atoms. The Morgan fingerprint density at radius 1 is 0.706 bits per heavy atom. The third-order valence-electron chi connectivity index (χ3n) is 13.9. The van der Waals surface area contributed by atoms with Crippen LogP contribution in [0.2, 0.25) is 0 Å². The Labute approximate surface area is 488 Å². The highest BCUT2D eigenvalue weighted by Gasteiger charge is 2.42. The number of aliphatic carboxylic acids is 1.